The van der Waals surface area contributed by atoms with Gasteiger partial charge in [0.05, 0.1) is 22.4 Å². The number of nitriles is 1. The molecule has 21 heavy (non-hydrogen) atoms. The molecule has 1 saturated heterocycles. The summed E-state index contributed by atoms with van der Waals surface area (Å²) < 4.78 is 6.49. The van der Waals surface area contributed by atoms with Crippen LogP contribution in [0.15, 0.2) is 24.3 Å². The fourth-order valence-corrected chi connectivity index (χ4v) is 3.77. The number of hydrogen-bond donors (Lipinski definition) is 0. The molecule has 5 heteroatoms. The van der Waals surface area contributed by atoms with E-state index in [1.807, 2.05) is 31.2 Å². The molecular formula is C16H16N2O2S. The van der Waals surface area contributed by atoms with Crippen molar-refractivity contribution in [1.82, 2.24) is 4.98 Å². The highest BCUT2D eigenvalue weighted by molar-refractivity contribution is 7.18. The van der Waals surface area contributed by atoms with E-state index in [0.29, 0.717) is 24.5 Å². The van der Waals surface area contributed by atoms with Crippen LogP contribution in [0.3, 0.4) is 0 Å². The van der Waals surface area contributed by atoms with Crippen LogP contribution < -0.4 is 0 Å². The number of benzene rings is 1. The third-order valence-electron chi connectivity index (χ3n) is 3.86. The number of rotatable bonds is 3. The second-order valence-electron chi connectivity index (χ2n) is 5.39. The van der Waals surface area contributed by atoms with Gasteiger partial charge in [-0.1, -0.05) is 12.1 Å². The minimum atomic E-state index is -0.752. The van der Waals surface area contributed by atoms with Gasteiger partial charge in [0.2, 0.25) is 0 Å². The van der Waals surface area contributed by atoms with Gasteiger partial charge in [-0.25, -0.2) is 4.98 Å². The minimum absolute atomic E-state index is 0.00768. The number of para-hydroxylation sites is 1. The number of hydrogen-bond acceptors (Lipinski definition) is 5. The number of carbonyl (C=O) groups excluding carboxylic acids is 1. The number of ether oxygens (including phenoxy) is 1. The van der Waals surface area contributed by atoms with Crippen molar-refractivity contribution in [2.75, 3.05) is 6.61 Å². The highest BCUT2D eigenvalue weighted by Crippen LogP contribution is 2.32. The lowest BCUT2D eigenvalue weighted by Crippen LogP contribution is -2.31. The quantitative estimate of drug-likeness (QED) is 0.872. The Morgan fingerprint density at radius 2 is 2.33 bits per heavy atom. The molecule has 0 N–H and O–H groups in total. The van der Waals surface area contributed by atoms with E-state index in [1.54, 1.807) is 0 Å². The molecule has 1 fully saturated rings. The molecule has 2 aromatic rings. The summed E-state index contributed by atoms with van der Waals surface area (Å²) >= 11 is 1.44. The van der Waals surface area contributed by atoms with E-state index in [9.17, 15) is 10.1 Å². The van der Waals surface area contributed by atoms with Gasteiger partial charge in [-0.2, -0.15) is 5.26 Å². The molecule has 2 heterocycles. The van der Waals surface area contributed by atoms with E-state index in [4.69, 9.17) is 4.74 Å². The van der Waals surface area contributed by atoms with Gasteiger partial charge < -0.3 is 4.74 Å². The number of aromatic nitrogens is 1. The van der Waals surface area contributed by atoms with Crippen LogP contribution in [-0.4, -0.2) is 23.5 Å². The molecule has 108 valence electrons. The van der Waals surface area contributed by atoms with Crippen molar-refractivity contribution in [1.29, 1.82) is 5.26 Å². The normalized spacial score (nSPS) is 23.6. The summed E-state index contributed by atoms with van der Waals surface area (Å²) in [4.78, 5) is 17.1. The van der Waals surface area contributed by atoms with Crippen LogP contribution in [-0.2, 0) is 9.53 Å². The zero-order valence-electron chi connectivity index (χ0n) is 11.8. The Labute approximate surface area is 127 Å². The van der Waals surface area contributed by atoms with Crippen molar-refractivity contribution in [3.8, 4) is 6.07 Å². The van der Waals surface area contributed by atoms with Crippen molar-refractivity contribution in [2.45, 2.75) is 31.8 Å². The summed E-state index contributed by atoms with van der Waals surface area (Å²) in [5.74, 6) is -0.852. The first-order chi connectivity index (χ1) is 10.2. The van der Waals surface area contributed by atoms with Crippen LogP contribution in [0.25, 0.3) is 10.2 Å². The summed E-state index contributed by atoms with van der Waals surface area (Å²) in [7, 11) is 0. The van der Waals surface area contributed by atoms with Gasteiger partial charge in [0, 0.05) is 12.5 Å². The van der Waals surface area contributed by atoms with Crippen LogP contribution in [0.4, 0.5) is 0 Å². The Bertz CT molecular complexity index is 671. The van der Waals surface area contributed by atoms with Crippen LogP contribution in [0.1, 0.15) is 30.7 Å². The number of thiazole rings is 1. The summed E-state index contributed by atoms with van der Waals surface area (Å²) in [5.41, 5.74) is 0.853. The second-order valence-corrected chi connectivity index (χ2v) is 6.45. The number of nitrogens with zero attached hydrogens (tertiary/aromatic N) is 2. The number of carbonyl (C=O) groups is 1. The summed E-state index contributed by atoms with van der Waals surface area (Å²) in [6, 6.07) is 9.87. The molecule has 1 aromatic carbocycles. The fourth-order valence-electron chi connectivity index (χ4n) is 2.75. The maximum atomic E-state index is 12.6. The predicted octanol–water partition coefficient (Wildman–Crippen LogP) is 3.29. The average molecular weight is 300 g/mol. The Balaban J connectivity index is 1.87. The molecule has 4 nitrogen and oxygen atoms in total. The molecule has 0 unspecified atom stereocenters. The van der Waals surface area contributed by atoms with Crippen LogP contribution in [0.2, 0.25) is 0 Å². The number of ketones is 1. The van der Waals surface area contributed by atoms with Gasteiger partial charge in [0.25, 0.3) is 0 Å². The van der Waals surface area contributed by atoms with E-state index < -0.39 is 5.92 Å². The van der Waals surface area contributed by atoms with E-state index in [0.717, 1.165) is 10.2 Å². The lowest BCUT2D eigenvalue weighted by atomic mass is 9.86. The highest BCUT2D eigenvalue weighted by atomic mass is 32.1. The first-order valence-electron chi connectivity index (χ1n) is 7.09. The van der Waals surface area contributed by atoms with Crippen LogP contribution in [0.5, 0.6) is 0 Å². The van der Waals surface area contributed by atoms with Gasteiger partial charge >= 0.3 is 0 Å². The van der Waals surface area contributed by atoms with E-state index in [-0.39, 0.29) is 17.8 Å². The lowest BCUT2D eigenvalue weighted by Gasteiger charge is -2.27. The molecule has 1 aliphatic rings. The lowest BCUT2D eigenvalue weighted by molar-refractivity contribution is -0.127. The Morgan fingerprint density at radius 3 is 3.05 bits per heavy atom. The number of Topliss-reactive ketones (excluding diaryl/α,β-unsaturated/α-hetero) is 1. The molecule has 0 aliphatic carbocycles. The van der Waals surface area contributed by atoms with Crippen molar-refractivity contribution >= 4 is 27.3 Å². The van der Waals surface area contributed by atoms with Crippen molar-refractivity contribution in [3.05, 3.63) is 29.3 Å². The largest absolute Gasteiger partial charge is 0.378 e. The Hall–Kier alpha value is -1.77. The van der Waals surface area contributed by atoms with Gasteiger partial charge in [0.15, 0.2) is 11.7 Å². The van der Waals surface area contributed by atoms with E-state index in [1.165, 1.54) is 11.3 Å². The SMILES string of the molecule is C[C@@H]1C[C@H](C(=O)[C@@H](C#N)c2nc3ccccc3s2)CCO1. The van der Waals surface area contributed by atoms with Gasteiger partial charge in [0.1, 0.15) is 5.01 Å². The predicted molar refractivity (Wildman–Crippen MR) is 81.1 cm³/mol. The highest BCUT2D eigenvalue weighted by Gasteiger charge is 2.33. The molecule has 0 bridgehead atoms. The molecule has 0 spiro atoms. The first kappa shape index (κ1) is 14.2. The molecule has 3 rings (SSSR count). The molecular weight excluding hydrogens is 284 g/mol. The van der Waals surface area contributed by atoms with Crippen molar-refractivity contribution < 1.29 is 9.53 Å². The fraction of sp³-hybridized carbons (Fsp3) is 0.438. The topological polar surface area (TPSA) is 63.0 Å². The molecule has 0 amide bonds. The standard InChI is InChI=1S/C16H16N2O2S/c1-10-8-11(6-7-20-10)15(19)12(9-17)16-18-13-4-2-3-5-14(13)21-16/h2-5,10-12H,6-8H2,1H3/t10-,11-,12-/m1/s1. The smallest absolute Gasteiger partial charge is 0.160 e. The Kier molecular flexibility index (Phi) is 4.00. The number of fused-ring (bicyclic) bond motifs is 1. The van der Waals surface area contributed by atoms with Gasteiger partial charge in [-0.15, -0.1) is 11.3 Å². The Morgan fingerprint density at radius 1 is 1.52 bits per heavy atom. The average Bonchev–Trinajstić information content (AvgIpc) is 2.91. The monoisotopic (exact) mass is 300 g/mol. The maximum absolute atomic E-state index is 12.6. The molecule has 0 radical (unpaired) electrons. The van der Waals surface area contributed by atoms with Gasteiger partial charge in [-0.3, -0.25) is 4.79 Å². The third kappa shape index (κ3) is 2.82. The molecule has 3 atom stereocenters. The minimum Gasteiger partial charge on any atom is -0.378 e. The third-order valence-corrected chi connectivity index (χ3v) is 4.96. The molecule has 1 aromatic heterocycles. The first-order valence-corrected chi connectivity index (χ1v) is 7.91. The summed E-state index contributed by atoms with van der Waals surface area (Å²) in [6.07, 6.45) is 1.48. The zero-order chi connectivity index (χ0) is 14.8. The summed E-state index contributed by atoms with van der Waals surface area (Å²) in [5, 5.41) is 10.0. The molecule has 0 saturated carbocycles. The van der Waals surface area contributed by atoms with Crippen LogP contribution >= 0.6 is 11.3 Å². The summed E-state index contributed by atoms with van der Waals surface area (Å²) in [6.45, 7) is 2.56. The van der Waals surface area contributed by atoms with E-state index >= 15 is 0 Å². The maximum Gasteiger partial charge on any atom is 0.160 e. The van der Waals surface area contributed by atoms with E-state index in [2.05, 4.69) is 11.1 Å². The van der Waals surface area contributed by atoms with Crippen molar-refractivity contribution in [3.63, 3.8) is 0 Å². The van der Waals surface area contributed by atoms with Crippen LogP contribution in [0, 0.1) is 17.2 Å². The molecule has 1 aliphatic heterocycles. The van der Waals surface area contributed by atoms with Gasteiger partial charge in [-0.05, 0) is 31.9 Å². The van der Waals surface area contributed by atoms with Crippen molar-refractivity contribution in [2.24, 2.45) is 5.92 Å². The second kappa shape index (κ2) is 5.92. The zero-order valence-corrected chi connectivity index (χ0v) is 12.6.